The Morgan fingerprint density at radius 1 is 1.20 bits per heavy atom. The Morgan fingerprint density at radius 2 is 1.95 bits per heavy atom. The fourth-order valence-corrected chi connectivity index (χ4v) is 2.80. The van der Waals surface area contributed by atoms with Crippen molar-refractivity contribution in [2.75, 3.05) is 11.9 Å². The van der Waals surface area contributed by atoms with Crippen molar-refractivity contribution >= 4 is 11.6 Å². The van der Waals surface area contributed by atoms with Gasteiger partial charge in [0.1, 0.15) is 0 Å². The third-order valence-electron chi connectivity index (χ3n) is 4.06. The summed E-state index contributed by atoms with van der Waals surface area (Å²) in [5.74, 6) is 0.140. The van der Waals surface area contributed by atoms with Gasteiger partial charge in [0.05, 0.1) is 12.5 Å². The van der Waals surface area contributed by atoms with Crippen LogP contribution in [0.5, 0.6) is 0 Å². The van der Waals surface area contributed by atoms with Gasteiger partial charge in [-0.05, 0) is 35.2 Å². The molecule has 1 unspecified atom stereocenters. The number of nitrogens with two attached hydrogens (primary N) is 1. The number of anilines is 1. The van der Waals surface area contributed by atoms with Crippen molar-refractivity contribution in [1.29, 1.82) is 0 Å². The number of carbonyl (C=O) groups excluding carboxylic acids is 1. The number of hydrogen-bond acceptors (Lipinski definition) is 2. The highest BCUT2D eigenvalue weighted by atomic mass is 16.2. The molecule has 3 rings (SSSR count). The topological polar surface area (TPSA) is 46.3 Å². The Hall–Kier alpha value is -2.13. The summed E-state index contributed by atoms with van der Waals surface area (Å²) in [6.07, 6.45) is 0.472. The zero-order valence-electron chi connectivity index (χ0n) is 11.8. The number of amides is 1. The molecular formula is C17H18N2O. The van der Waals surface area contributed by atoms with E-state index in [4.69, 9.17) is 5.73 Å². The van der Waals surface area contributed by atoms with Crippen molar-refractivity contribution in [3.8, 4) is 0 Å². The van der Waals surface area contributed by atoms with Crippen LogP contribution in [0.1, 0.15) is 28.3 Å². The number of fused-ring (bicyclic) bond motifs is 1. The molecule has 2 aromatic rings. The first-order valence-electron chi connectivity index (χ1n) is 6.78. The van der Waals surface area contributed by atoms with Crippen molar-refractivity contribution < 1.29 is 4.79 Å². The van der Waals surface area contributed by atoms with Crippen LogP contribution in [-0.2, 0) is 11.2 Å². The van der Waals surface area contributed by atoms with Crippen LogP contribution in [0, 0.1) is 6.92 Å². The summed E-state index contributed by atoms with van der Waals surface area (Å²) in [5.41, 5.74) is 11.8. The minimum Gasteiger partial charge on any atom is -0.320 e. The van der Waals surface area contributed by atoms with E-state index in [9.17, 15) is 4.79 Å². The van der Waals surface area contributed by atoms with Gasteiger partial charge in [-0.2, -0.15) is 0 Å². The molecule has 0 aromatic heterocycles. The number of nitrogens with zero attached hydrogens (tertiary/aromatic N) is 1. The van der Waals surface area contributed by atoms with Crippen molar-refractivity contribution in [3.05, 3.63) is 64.7 Å². The molecule has 20 heavy (non-hydrogen) atoms. The summed E-state index contributed by atoms with van der Waals surface area (Å²) in [5, 5.41) is 0. The summed E-state index contributed by atoms with van der Waals surface area (Å²) in [7, 11) is 1.81. The number of hydrogen-bond donors (Lipinski definition) is 1. The second kappa shape index (κ2) is 4.76. The van der Waals surface area contributed by atoms with Crippen molar-refractivity contribution in [1.82, 2.24) is 0 Å². The monoisotopic (exact) mass is 266 g/mol. The first-order chi connectivity index (χ1) is 9.58. The Labute approximate surface area is 119 Å². The Bertz CT molecular complexity index is 678. The van der Waals surface area contributed by atoms with Crippen LogP contribution < -0.4 is 10.6 Å². The van der Waals surface area contributed by atoms with E-state index in [-0.39, 0.29) is 11.9 Å². The third kappa shape index (κ3) is 2.00. The highest BCUT2D eigenvalue weighted by molar-refractivity contribution is 6.00. The molecule has 0 bridgehead atoms. The minimum absolute atomic E-state index is 0.140. The Balaban J connectivity index is 1.99. The average molecular weight is 266 g/mol. The van der Waals surface area contributed by atoms with Crippen LogP contribution in [0.3, 0.4) is 0 Å². The summed E-state index contributed by atoms with van der Waals surface area (Å²) in [6.45, 7) is 2.07. The van der Waals surface area contributed by atoms with E-state index in [1.165, 1.54) is 5.56 Å². The molecule has 3 nitrogen and oxygen atoms in total. The van der Waals surface area contributed by atoms with Crippen molar-refractivity contribution in [2.24, 2.45) is 5.73 Å². The van der Waals surface area contributed by atoms with E-state index in [1.807, 2.05) is 31.3 Å². The van der Waals surface area contributed by atoms with E-state index in [2.05, 4.69) is 25.1 Å². The van der Waals surface area contributed by atoms with Crippen molar-refractivity contribution in [3.63, 3.8) is 0 Å². The zero-order chi connectivity index (χ0) is 14.3. The molecule has 1 aliphatic rings. The second-order valence-electron chi connectivity index (χ2n) is 5.35. The number of benzene rings is 2. The normalized spacial score (nSPS) is 15.3. The highest BCUT2D eigenvalue weighted by Gasteiger charge is 2.24. The molecule has 0 fully saturated rings. The lowest BCUT2D eigenvalue weighted by atomic mass is 9.94. The number of carbonyl (C=O) groups is 1. The molecule has 1 atom stereocenters. The van der Waals surface area contributed by atoms with Crippen LogP contribution in [0.15, 0.2) is 42.5 Å². The molecule has 0 aliphatic carbocycles. The lowest BCUT2D eigenvalue weighted by molar-refractivity contribution is -0.117. The molecule has 1 amide bonds. The molecule has 2 N–H and O–H groups in total. The fraction of sp³-hybridized carbons (Fsp3) is 0.235. The third-order valence-corrected chi connectivity index (χ3v) is 4.06. The van der Waals surface area contributed by atoms with Gasteiger partial charge in [0, 0.05) is 12.7 Å². The first kappa shape index (κ1) is 12.9. The average Bonchev–Trinajstić information content (AvgIpc) is 2.73. The van der Waals surface area contributed by atoms with E-state index in [0.717, 1.165) is 22.4 Å². The molecular weight excluding hydrogens is 248 g/mol. The summed E-state index contributed by atoms with van der Waals surface area (Å²) in [6, 6.07) is 14.1. The van der Waals surface area contributed by atoms with Gasteiger partial charge in [0.15, 0.2) is 0 Å². The molecule has 0 saturated carbocycles. The maximum Gasteiger partial charge on any atom is 0.231 e. The van der Waals surface area contributed by atoms with Gasteiger partial charge >= 0.3 is 0 Å². The predicted octanol–water partition coefficient (Wildman–Crippen LogP) is 2.56. The quantitative estimate of drug-likeness (QED) is 0.908. The molecule has 0 saturated heterocycles. The van der Waals surface area contributed by atoms with Gasteiger partial charge in [-0.1, -0.05) is 36.4 Å². The lowest BCUT2D eigenvalue weighted by Crippen LogP contribution is -2.20. The van der Waals surface area contributed by atoms with Crippen molar-refractivity contribution in [2.45, 2.75) is 19.4 Å². The van der Waals surface area contributed by atoms with Crippen LogP contribution in [0.25, 0.3) is 0 Å². The molecule has 1 heterocycles. The lowest BCUT2D eigenvalue weighted by Gasteiger charge is -2.17. The number of likely N-dealkylation sites (N-methyl/N-ethyl adjacent to an activating group) is 1. The smallest absolute Gasteiger partial charge is 0.231 e. The predicted molar refractivity (Wildman–Crippen MR) is 80.8 cm³/mol. The van der Waals surface area contributed by atoms with Gasteiger partial charge in [-0.3, -0.25) is 4.79 Å². The SMILES string of the molecule is Cc1ccccc1C(N)c1ccc2c(c1)CC(=O)N2C. The number of rotatable bonds is 2. The standard InChI is InChI=1S/C17H18N2O/c1-11-5-3-4-6-14(11)17(18)12-7-8-15-13(9-12)10-16(20)19(15)2/h3-9,17H,10,18H2,1-2H3. The second-order valence-corrected chi connectivity index (χ2v) is 5.35. The van der Waals surface area contributed by atoms with Crippen LogP contribution in [-0.4, -0.2) is 13.0 Å². The summed E-state index contributed by atoms with van der Waals surface area (Å²) in [4.78, 5) is 13.4. The van der Waals surface area contributed by atoms with E-state index in [0.29, 0.717) is 6.42 Å². The van der Waals surface area contributed by atoms with E-state index >= 15 is 0 Å². The maximum atomic E-state index is 11.7. The van der Waals surface area contributed by atoms with E-state index in [1.54, 1.807) is 4.90 Å². The first-order valence-corrected chi connectivity index (χ1v) is 6.78. The van der Waals surface area contributed by atoms with Gasteiger partial charge in [0.2, 0.25) is 5.91 Å². The highest BCUT2D eigenvalue weighted by Crippen LogP contribution is 2.31. The van der Waals surface area contributed by atoms with Gasteiger partial charge in [-0.15, -0.1) is 0 Å². The van der Waals surface area contributed by atoms with Gasteiger partial charge in [0.25, 0.3) is 0 Å². The largest absolute Gasteiger partial charge is 0.320 e. The van der Waals surface area contributed by atoms with Gasteiger partial charge in [-0.25, -0.2) is 0 Å². The Morgan fingerprint density at radius 3 is 2.70 bits per heavy atom. The molecule has 2 aromatic carbocycles. The molecule has 1 aliphatic heterocycles. The van der Waals surface area contributed by atoms with Crippen LogP contribution in [0.4, 0.5) is 5.69 Å². The fourth-order valence-electron chi connectivity index (χ4n) is 2.80. The van der Waals surface area contributed by atoms with E-state index < -0.39 is 0 Å². The molecule has 3 heteroatoms. The molecule has 0 spiro atoms. The summed E-state index contributed by atoms with van der Waals surface area (Å²) < 4.78 is 0. The van der Waals surface area contributed by atoms with Gasteiger partial charge < -0.3 is 10.6 Å². The van der Waals surface area contributed by atoms with Crippen LogP contribution in [0.2, 0.25) is 0 Å². The Kier molecular flexibility index (Phi) is 3.07. The summed E-state index contributed by atoms with van der Waals surface area (Å²) >= 11 is 0. The molecule has 102 valence electrons. The van der Waals surface area contributed by atoms with Crippen LogP contribution >= 0.6 is 0 Å². The minimum atomic E-state index is -0.150. The zero-order valence-corrected chi connectivity index (χ0v) is 11.8. The molecule has 0 radical (unpaired) electrons. The maximum absolute atomic E-state index is 11.7. The number of aryl methyl sites for hydroxylation is 1.